The Morgan fingerprint density at radius 3 is 2.42 bits per heavy atom. The molecule has 36 heavy (non-hydrogen) atoms. The first kappa shape index (κ1) is 23.6. The molecule has 0 atom stereocenters. The van der Waals surface area contributed by atoms with Crippen molar-refractivity contribution in [2.45, 2.75) is 22.4 Å². The summed E-state index contributed by atoms with van der Waals surface area (Å²) in [5.74, 6) is 0.664. The van der Waals surface area contributed by atoms with Gasteiger partial charge < -0.3 is 14.8 Å². The van der Waals surface area contributed by atoms with E-state index in [1.54, 1.807) is 25.4 Å². The van der Waals surface area contributed by atoms with Gasteiger partial charge >= 0.3 is 6.09 Å². The Morgan fingerprint density at radius 1 is 1.00 bits per heavy atom. The van der Waals surface area contributed by atoms with E-state index in [1.807, 2.05) is 42.5 Å². The fourth-order valence-electron chi connectivity index (χ4n) is 4.42. The number of nitrogens with one attached hydrogen (secondary N) is 1. The average molecular weight is 497 g/mol. The van der Waals surface area contributed by atoms with E-state index >= 15 is 0 Å². The molecular weight excluding hydrogens is 472 g/mol. The first-order valence-corrected chi connectivity index (χ1v) is 12.3. The molecular formula is C29H24N2O4S. The number of benzene rings is 3. The molecule has 4 aromatic rings. The van der Waals surface area contributed by atoms with Gasteiger partial charge in [-0.15, -0.1) is 0 Å². The topological polar surface area (TPSA) is 77.5 Å². The molecule has 0 unspecified atom stereocenters. The normalized spacial score (nSPS) is 11.9. The van der Waals surface area contributed by atoms with E-state index in [9.17, 15) is 9.59 Å². The highest BCUT2D eigenvalue weighted by Crippen LogP contribution is 2.44. The third-order valence-corrected chi connectivity index (χ3v) is 7.32. The maximum Gasteiger partial charge on any atom is 0.407 e. The molecule has 0 aliphatic heterocycles. The van der Waals surface area contributed by atoms with Gasteiger partial charge in [0.1, 0.15) is 17.4 Å². The maximum absolute atomic E-state index is 12.7. The number of pyridine rings is 1. The van der Waals surface area contributed by atoms with E-state index in [0.717, 1.165) is 16.7 Å². The van der Waals surface area contributed by atoms with Crippen LogP contribution >= 0.6 is 11.8 Å². The van der Waals surface area contributed by atoms with Crippen LogP contribution in [-0.4, -0.2) is 31.1 Å². The van der Waals surface area contributed by atoms with E-state index in [4.69, 9.17) is 9.47 Å². The second-order valence-corrected chi connectivity index (χ2v) is 9.30. The molecule has 3 aromatic carbocycles. The van der Waals surface area contributed by atoms with Gasteiger partial charge in [-0.3, -0.25) is 4.79 Å². The number of alkyl carbamates (subject to hydrolysis) is 1. The highest BCUT2D eigenvalue weighted by atomic mass is 32.2. The number of ether oxygens (including phenoxy) is 2. The Morgan fingerprint density at radius 2 is 1.72 bits per heavy atom. The van der Waals surface area contributed by atoms with Crippen molar-refractivity contribution in [3.05, 3.63) is 107 Å². The number of hydrogen-bond acceptors (Lipinski definition) is 6. The van der Waals surface area contributed by atoms with E-state index < -0.39 is 6.09 Å². The molecule has 0 saturated heterocycles. The third-order valence-electron chi connectivity index (χ3n) is 6.17. The van der Waals surface area contributed by atoms with E-state index in [1.165, 1.54) is 34.0 Å². The number of carbonyl (C=O) groups excluding carboxylic acids is 2. The predicted molar refractivity (Wildman–Crippen MR) is 139 cm³/mol. The number of aromatic nitrogens is 1. The van der Waals surface area contributed by atoms with Crippen LogP contribution in [0.2, 0.25) is 0 Å². The molecule has 1 heterocycles. The highest BCUT2D eigenvalue weighted by molar-refractivity contribution is 7.99. The van der Waals surface area contributed by atoms with E-state index in [2.05, 4.69) is 34.6 Å². The molecule has 1 aliphatic carbocycles. The zero-order valence-corrected chi connectivity index (χ0v) is 20.5. The predicted octanol–water partition coefficient (Wildman–Crippen LogP) is 6.09. The SMILES string of the molecule is COc1ccc(Sc2ncccc2C=O)c(CNC(=O)OCC2c3ccccc3-c3ccccc32)c1. The summed E-state index contributed by atoms with van der Waals surface area (Å²) < 4.78 is 11.0. The third kappa shape index (κ3) is 4.83. The van der Waals surface area contributed by atoms with E-state index in [-0.39, 0.29) is 19.1 Å². The Kier molecular flexibility index (Phi) is 7.00. The fourth-order valence-corrected chi connectivity index (χ4v) is 5.37. The van der Waals surface area contributed by atoms with Crippen LogP contribution in [0.3, 0.4) is 0 Å². The summed E-state index contributed by atoms with van der Waals surface area (Å²) in [5, 5.41) is 3.45. The number of aldehydes is 1. The molecule has 180 valence electrons. The van der Waals surface area contributed by atoms with Gasteiger partial charge in [-0.25, -0.2) is 9.78 Å². The van der Waals surface area contributed by atoms with Crippen molar-refractivity contribution in [3.63, 3.8) is 0 Å². The maximum atomic E-state index is 12.7. The van der Waals surface area contributed by atoms with Crippen molar-refractivity contribution in [1.29, 1.82) is 0 Å². The van der Waals surface area contributed by atoms with Gasteiger partial charge in [-0.2, -0.15) is 0 Å². The van der Waals surface area contributed by atoms with Crippen LogP contribution in [0.1, 0.15) is 33.0 Å². The Labute approximate surface area is 213 Å². The van der Waals surface area contributed by atoms with Crippen molar-refractivity contribution < 1.29 is 19.1 Å². The minimum absolute atomic E-state index is 0.00277. The first-order chi connectivity index (χ1) is 17.7. The molecule has 0 bridgehead atoms. The summed E-state index contributed by atoms with van der Waals surface area (Å²) in [6.07, 6.45) is 1.93. The second-order valence-electron chi connectivity index (χ2n) is 8.27. The van der Waals surface area contributed by atoms with Crippen LogP contribution in [0.15, 0.2) is 95.0 Å². The zero-order chi connectivity index (χ0) is 24.9. The fraction of sp³-hybridized carbons (Fsp3) is 0.138. The molecule has 1 aliphatic rings. The Hall–Kier alpha value is -4.10. The summed E-state index contributed by atoms with van der Waals surface area (Å²) in [7, 11) is 1.59. The number of hydrogen-bond donors (Lipinski definition) is 1. The molecule has 1 amide bonds. The van der Waals surface area contributed by atoms with Crippen LogP contribution in [0, 0.1) is 0 Å². The van der Waals surface area contributed by atoms with Crippen molar-refractivity contribution >= 4 is 24.1 Å². The lowest BCUT2D eigenvalue weighted by Crippen LogP contribution is -2.26. The monoisotopic (exact) mass is 496 g/mol. The van der Waals surface area contributed by atoms with Crippen molar-refractivity contribution in [2.24, 2.45) is 0 Å². The van der Waals surface area contributed by atoms with Crippen molar-refractivity contribution in [1.82, 2.24) is 10.3 Å². The Balaban J connectivity index is 1.27. The second kappa shape index (κ2) is 10.7. The van der Waals surface area contributed by atoms with Crippen LogP contribution < -0.4 is 10.1 Å². The summed E-state index contributed by atoms with van der Waals surface area (Å²) in [6.45, 7) is 0.482. The average Bonchev–Trinajstić information content (AvgIpc) is 3.25. The van der Waals surface area contributed by atoms with E-state index in [0.29, 0.717) is 16.3 Å². The molecule has 1 N–H and O–H groups in total. The Bertz CT molecular complexity index is 1380. The van der Waals surface area contributed by atoms with Crippen molar-refractivity contribution in [2.75, 3.05) is 13.7 Å². The molecule has 1 aromatic heterocycles. The molecule has 0 radical (unpaired) electrons. The minimum Gasteiger partial charge on any atom is -0.497 e. The molecule has 6 nitrogen and oxygen atoms in total. The quantitative estimate of drug-likeness (QED) is 0.297. The van der Waals surface area contributed by atoms with Gasteiger partial charge in [0.2, 0.25) is 0 Å². The molecule has 0 spiro atoms. The number of amides is 1. The first-order valence-electron chi connectivity index (χ1n) is 11.5. The van der Waals surface area contributed by atoms with Gasteiger partial charge in [0.15, 0.2) is 6.29 Å². The number of carbonyl (C=O) groups is 2. The van der Waals surface area contributed by atoms with Gasteiger partial charge in [0.25, 0.3) is 0 Å². The lowest BCUT2D eigenvalue weighted by atomic mass is 9.98. The summed E-state index contributed by atoms with van der Waals surface area (Å²) >= 11 is 1.36. The van der Waals surface area contributed by atoms with Crippen LogP contribution in [0.4, 0.5) is 4.79 Å². The van der Waals surface area contributed by atoms with Gasteiger partial charge in [0.05, 0.1) is 7.11 Å². The van der Waals surface area contributed by atoms with Gasteiger partial charge in [0, 0.05) is 29.1 Å². The molecule has 7 heteroatoms. The lowest BCUT2D eigenvalue weighted by Gasteiger charge is -2.16. The van der Waals surface area contributed by atoms with Crippen LogP contribution in [-0.2, 0) is 11.3 Å². The highest BCUT2D eigenvalue weighted by Gasteiger charge is 2.29. The number of methoxy groups -OCH3 is 1. The summed E-state index contributed by atoms with van der Waals surface area (Å²) in [5.41, 5.74) is 6.04. The smallest absolute Gasteiger partial charge is 0.407 e. The summed E-state index contributed by atoms with van der Waals surface area (Å²) in [4.78, 5) is 29.3. The standard InChI is InChI=1S/C29H24N2O4S/c1-34-21-12-13-27(36-28-19(17-32)7-6-14-30-28)20(15-21)16-31-29(33)35-18-26-24-10-4-2-8-22(24)23-9-3-5-11-25(23)26/h2-15,17,26H,16,18H2,1H3,(H,31,33). The van der Waals surface area contributed by atoms with Gasteiger partial charge in [-0.05, 0) is 58.1 Å². The van der Waals surface area contributed by atoms with Crippen LogP contribution in [0.25, 0.3) is 11.1 Å². The van der Waals surface area contributed by atoms with Gasteiger partial charge in [-0.1, -0.05) is 60.3 Å². The largest absolute Gasteiger partial charge is 0.497 e. The van der Waals surface area contributed by atoms with Crippen LogP contribution in [0.5, 0.6) is 5.75 Å². The number of rotatable bonds is 8. The molecule has 5 rings (SSSR count). The van der Waals surface area contributed by atoms with Crippen molar-refractivity contribution in [3.8, 4) is 16.9 Å². The molecule has 0 saturated carbocycles. The number of fused-ring (bicyclic) bond motifs is 3. The lowest BCUT2D eigenvalue weighted by molar-refractivity contribution is 0.112. The zero-order valence-electron chi connectivity index (χ0n) is 19.6. The molecule has 0 fully saturated rings. The number of nitrogens with zero attached hydrogens (tertiary/aromatic N) is 1. The summed E-state index contributed by atoms with van der Waals surface area (Å²) in [6, 6.07) is 25.5. The minimum atomic E-state index is -0.498.